The van der Waals surface area contributed by atoms with Crippen LogP contribution >= 0.6 is 0 Å². The van der Waals surface area contributed by atoms with Gasteiger partial charge < -0.3 is 14.8 Å². The van der Waals surface area contributed by atoms with Crippen molar-refractivity contribution in [2.75, 3.05) is 26.9 Å². The van der Waals surface area contributed by atoms with E-state index in [0.717, 1.165) is 32.2 Å². The molecule has 1 aliphatic heterocycles. The lowest BCUT2D eigenvalue weighted by Gasteiger charge is -2.25. The number of ether oxygens (including phenoxy) is 2. The first-order chi connectivity index (χ1) is 5.85. The highest BCUT2D eigenvalue weighted by molar-refractivity contribution is 4.91. The summed E-state index contributed by atoms with van der Waals surface area (Å²) in [5, 5.41) is 3.49. The molecule has 1 N–H and O–H groups in total. The molecule has 0 aromatic rings. The minimum Gasteiger partial charge on any atom is -0.378 e. The molecule has 0 aromatic carbocycles. The van der Waals surface area contributed by atoms with Gasteiger partial charge in [0.15, 0.2) is 0 Å². The van der Waals surface area contributed by atoms with Gasteiger partial charge in [-0.1, -0.05) is 0 Å². The van der Waals surface area contributed by atoms with Crippen molar-refractivity contribution >= 4 is 0 Å². The minimum absolute atomic E-state index is 0.0252. The van der Waals surface area contributed by atoms with Crippen LogP contribution in [0, 0.1) is 0 Å². The molecule has 1 saturated heterocycles. The lowest BCUT2D eigenvalue weighted by Crippen LogP contribution is -2.43. The van der Waals surface area contributed by atoms with Gasteiger partial charge in [0.25, 0.3) is 0 Å². The topological polar surface area (TPSA) is 30.5 Å². The Morgan fingerprint density at radius 2 is 2.42 bits per heavy atom. The molecule has 0 aromatic heterocycles. The number of hydrogen-bond donors (Lipinski definition) is 1. The Hall–Kier alpha value is -0.120. The van der Waals surface area contributed by atoms with Gasteiger partial charge in [0.05, 0.1) is 6.61 Å². The van der Waals surface area contributed by atoms with E-state index in [0.29, 0.717) is 0 Å². The van der Waals surface area contributed by atoms with Crippen LogP contribution in [0.25, 0.3) is 0 Å². The monoisotopic (exact) mass is 171 g/mol. The summed E-state index contributed by atoms with van der Waals surface area (Å²) >= 11 is 0. The van der Waals surface area contributed by atoms with Crippen LogP contribution < -0.4 is 5.32 Å². The van der Waals surface area contributed by atoms with Gasteiger partial charge in [-0.25, -0.2) is 0 Å². The standard InChI is InChI=1S/C9H17NO2/c1-11-9(4-5-12-7-9)6-10-8-2-3-8/h8,10H,2-7H2,1H3. The van der Waals surface area contributed by atoms with Gasteiger partial charge in [0.2, 0.25) is 0 Å². The quantitative estimate of drug-likeness (QED) is 0.670. The Balaban J connectivity index is 1.79. The van der Waals surface area contributed by atoms with Crippen LogP contribution in [-0.4, -0.2) is 38.5 Å². The van der Waals surface area contributed by atoms with E-state index in [4.69, 9.17) is 9.47 Å². The molecule has 2 aliphatic rings. The van der Waals surface area contributed by atoms with Crippen molar-refractivity contribution in [2.24, 2.45) is 0 Å². The highest BCUT2D eigenvalue weighted by Gasteiger charge is 2.36. The fourth-order valence-electron chi connectivity index (χ4n) is 1.58. The Kier molecular flexibility index (Phi) is 2.35. The van der Waals surface area contributed by atoms with E-state index >= 15 is 0 Å². The summed E-state index contributed by atoms with van der Waals surface area (Å²) in [6.07, 6.45) is 3.70. The van der Waals surface area contributed by atoms with Crippen LogP contribution in [0.5, 0.6) is 0 Å². The van der Waals surface area contributed by atoms with Crippen LogP contribution in [0.4, 0.5) is 0 Å². The maximum absolute atomic E-state index is 5.49. The molecule has 0 spiro atoms. The molecule has 1 saturated carbocycles. The molecule has 0 bridgehead atoms. The normalized spacial score (nSPS) is 35.8. The third-order valence-corrected chi connectivity index (χ3v) is 2.79. The van der Waals surface area contributed by atoms with Crippen molar-refractivity contribution in [3.8, 4) is 0 Å². The van der Waals surface area contributed by atoms with Crippen molar-refractivity contribution in [2.45, 2.75) is 30.9 Å². The van der Waals surface area contributed by atoms with Gasteiger partial charge in [-0.3, -0.25) is 0 Å². The van der Waals surface area contributed by atoms with E-state index in [-0.39, 0.29) is 5.60 Å². The highest BCUT2D eigenvalue weighted by atomic mass is 16.5. The average molecular weight is 171 g/mol. The summed E-state index contributed by atoms with van der Waals surface area (Å²) in [5.74, 6) is 0. The third kappa shape index (κ3) is 1.79. The fraction of sp³-hybridized carbons (Fsp3) is 1.00. The SMILES string of the molecule is COC1(CNC2CC2)CCOC1. The predicted molar refractivity (Wildman–Crippen MR) is 46.2 cm³/mol. The van der Waals surface area contributed by atoms with Crippen LogP contribution in [-0.2, 0) is 9.47 Å². The Labute approximate surface area is 73.4 Å². The predicted octanol–water partition coefficient (Wildman–Crippen LogP) is 0.544. The summed E-state index contributed by atoms with van der Waals surface area (Å²) in [4.78, 5) is 0. The van der Waals surface area contributed by atoms with Gasteiger partial charge in [0, 0.05) is 32.7 Å². The van der Waals surface area contributed by atoms with E-state index in [2.05, 4.69) is 5.32 Å². The minimum atomic E-state index is -0.0252. The average Bonchev–Trinajstić information content (AvgIpc) is 2.82. The second-order valence-electron chi connectivity index (χ2n) is 3.84. The number of nitrogens with one attached hydrogen (secondary N) is 1. The maximum atomic E-state index is 5.49. The zero-order valence-corrected chi connectivity index (χ0v) is 7.64. The zero-order valence-electron chi connectivity index (χ0n) is 7.64. The van der Waals surface area contributed by atoms with Crippen LogP contribution in [0.2, 0.25) is 0 Å². The third-order valence-electron chi connectivity index (χ3n) is 2.79. The molecule has 0 amide bonds. The van der Waals surface area contributed by atoms with Gasteiger partial charge in [-0.05, 0) is 12.8 Å². The molecule has 1 atom stereocenters. The van der Waals surface area contributed by atoms with Gasteiger partial charge in [-0.2, -0.15) is 0 Å². The summed E-state index contributed by atoms with van der Waals surface area (Å²) in [6, 6.07) is 0.762. The van der Waals surface area contributed by atoms with Crippen molar-refractivity contribution in [3.05, 3.63) is 0 Å². The molecule has 12 heavy (non-hydrogen) atoms. The molecule has 3 heteroatoms. The number of hydrogen-bond acceptors (Lipinski definition) is 3. The van der Waals surface area contributed by atoms with E-state index in [9.17, 15) is 0 Å². The van der Waals surface area contributed by atoms with E-state index < -0.39 is 0 Å². The fourth-order valence-corrected chi connectivity index (χ4v) is 1.58. The summed E-state index contributed by atoms with van der Waals surface area (Å²) in [5.41, 5.74) is -0.0252. The summed E-state index contributed by atoms with van der Waals surface area (Å²) in [7, 11) is 1.78. The van der Waals surface area contributed by atoms with Crippen LogP contribution in [0.1, 0.15) is 19.3 Å². The molecule has 2 fully saturated rings. The van der Waals surface area contributed by atoms with Gasteiger partial charge in [-0.15, -0.1) is 0 Å². The molecular weight excluding hydrogens is 154 g/mol. The lowest BCUT2D eigenvalue weighted by atomic mass is 10.0. The molecular formula is C9H17NO2. The lowest BCUT2D eigenvalue weighted by molar-refractivity contribution is -0.0159. The van der Waals surface area contributed by atoms with E-state index in [1.165, 1.54) is 12.8 Å². The largest absolute Gasteiger partial charge is 0.378 e. The summed E-state index contributed by atoms with van der Waals surface area (Å²) in [6.45, 7) is 2.55. The van der Waals surface area contributed by atoms with Crippen molar-refractivity contribution < 1.29 is 9.47 Å². The number of rotatable bonds is 4. The molecule has 70 valence electrons. The summed E-state index contributed by atoms with van der Waals surface area (Å²) < 4.78 is 10.8. The Morgan fingerprint density at radius 3 is 2.92 bits per heavy atom. The van der Waals surface area contributed by atoms with Crippen molar-refractivity contribution in [3.63, 3.8) is 0 Å². The second-order valence-corrected chi connectivity index (χ2v) is 3.84. The second kappa shape index (κ2) is 3.32. The molecule has 0 radical (unpaired) electrons. The van der Waals surface area contributed by atoms with Crippen LogP contribution in [0.3, 0.4) is 0 Å². The van der Waals surface area contributed by atoms with Crippen molar-refractivity contribution in [1.82, 2.24) is 5.32 Å². The smallest absolute Gasteiger partial charge is 0.106 e. The highest BCUT2D eigenvalue weighted by Crippen LogP contribution is 2.24. The molecule has 3 nitrogen and oxygen atoms in total. The molecule has 2 rings (SSSR count). The Morgan fingerprint density at radius 1 is 1.58 bits per heavy atom. The maximum Gasteiger partial charge on any atom is 0.106 e. The first-order valence-electron chi connectivity index (χ1n) is 4.71. The van der Waals surface area contributed by atoms with Crippen LogP contribution in [0.15, 0.2) is 0 Å². The molecule has 1 heterocycles. The number of methoxy groups -OCH3 is 1. The first-order valence-corrected chi connectivity index (χ1v) is 4.71. The van der Waals surface area contributed by atoms with Gasteiger partial charge in [0.1, 0.15) is 5.60 Å². The molecule has 1 unspecified atom stereocenters. The first kappa shape index (κ1) is 8.48. The van der Waals surface area contributed by atoms with Gasteiger partial charge >= 0.3 is 0 Å². The molecule has 1 aliphatic carbocycles. The Bertz CT molecular complexity index is 151. The zero-order chi connectivity index (χ0) is 8.44. The van der Waals surface area contributed by atoms with Crippen molar-refractivity contribution in [1.29, 1.82) is 0 Å². The van der Waals surface area contributed by atoms with E-state index in [1.54, 1.807) is 7.11 Å². The van der Waals surface area contributed by atoms with E-state index in [1.807, 2.05) is 0 Å².